The van der Waals surface area contributed by atoms with Crippen molar-refractivity contribution in [3.63, 3.8) is 0 Å². The number of likely N-dealkylation sites (tertiary alicyclic amines) is 1. The molecule has 0 unspecified atom stereocenters. The number of fused-ring (bicyclic) bond motifs is 2. The van der Waals surface area contributed by atoms with Gasteiger partial charge in [0.2, 0.25) is 5.91 Å². The van der Waals surface area contributed by atoms with Crippen LogP contribution in [0.4, 0.5) is 15.9 Å². The van der Waals surface area contributed by atoms with Crippen LogP contribution in [0.25, 0.3) is 10.8 Å². The molecule has 2 fully saturated rings. The SMILES string of the molecule is CN1CCC[C@H]1COc1nc2c(c(N3CCN(C(=O)/C=C/CF)[C@]([Si])(CC#N)C3)n1)CCN(c1cccc3cccc(Cl)c13)C2. The van der Waals surface area contributed by atoms with Crippen LogP contribution in [-0.2, 0) is 17.8 Å². The molecular formula is C33H36ClFN7O2Si. The molecule has 0 aliphatic carbocycles. The highest BCUT2D eigenvalue weighted by molar-refractivity contribution is 6.36. The molecule has 2 aromatic carbocycles. The number of halogens is 2. The second kappa shape index (κ2) is 13.3. The summed E-state index contributed by atoms with van der Waals surface area (Å²) < 4.78 is 19.1. The third-order valence-corrected chi connectivity index (χ3v) is 10.0. The molecule has 233 valence electrons. The number of ether oxygens (including phenoxy) is 1. The number of piperazine rings is 1. The number of alkyl halides is 1. The van der Waals surface area contributed by atoms with E-state index in [0.29, 0.717) is 56.3 Å². The van der Waals surface area contributed by atoms with Gasteiger partial charge in [-0.3, -0.25) is 4.79 Å². The van der Waals surface area contributed by atoms with Crippen molar-refractivity contribution in [2.45, 2.75) is 43.4 Å². The Morgan fingerprint density at radius 1 is 1.20 bits per heavy atom. The Bertz CT molecular complexity index is 1650. The molecular weight excluding hydrogens is 609 g/mol. The third-order valence-electron chi connectivity index (χ3n) is 9.12. The van der Waals surface area contributed by atoms with Crippen molar-refractivity contribution in [3.05, 3.63) is 64.8 Å². The van der Waals surface area contributed by atoms with Crippen molar-refractivity contribution in [1.82, 2.24) is 19.8 Å². The van der Waals surface area contributed by atoms with Crippen LogP contribution in [0.3, 0.4) is 0 Å². The Kier molecular flexibility index (Phi) is 9.26. The van der Waals surface area contributed by atoms with Gasteiger partial charge in [-0.25, -0.2) is 4.39 Å². The van der Waals surface area contributed by atoms with Crippen LogP contribution >= 0.6 is 11.6 Å². The Balaban J connectivity index is 1.35. The van der Waals surface area contributed by atoms with Crippen LogP contribution in [0, 0.1) is 11.3 Å². The van der Waals surface area contributed by atoms with E-state index in [1.807, 2.05) is 12.1 Å². The van der Waals surface area contributed by atoms with Crippen molar-refractivity contribution >= 4 is 50.0 Å². The zero-order valence-electron chi connectivity index (χ0n) is 25.4. The van der Waals surface area contributed by atoms with E-state index in [9.17, 15) is 14.4 Å². The van der Waals surface area contributed by atoms with E-state index in [-0.39, 0.29) is 12.3 Å². The summed E-state index contributed by atoms with van der Waals surface area (Å²) in [4.78, 5) is 31.2. The van der Waals surface area contributed by atoms with Crippen molar-refractivity contribution in [2.24, 2.45) is 0 Å². The van der Waals surface area contributed by atoms with Crippen LogP contribution in [-0.4, -0.2) is 100 Å². The minimum absolute atomic E-state index is 0.0514. The first-order chi connectivity index (χ1) is 21.8. The van der Waals surface area contributed by atoms with Gasteiger partial charge in [-0.1, -0.05) is 35.9 Å². The summed E-state index contributed by atoms with van der Waals surface area (Å²) >= 11 is 6.70. The largest absolute Gasteiger partial charge is 0.462 e. The number of rotatable bonds is 8. The maximum Gasteiger partial charge on any atom is 0.318 e. The van der Waals surface area contributed by atoms with Gasteiger partial charge < -0.3 is 24.3 Å². The lowest BCUT2D eigenvalue weighted by atomic mass is 10.0. The fourth-order valence-corrected chi connectivity index (χ4v) is 7.53. The predicted molar refractivity (Wildman–Crippen MR) is 175 cm³/mol. The normalized spacial score (nSPS) is 22.2. The molecule has 9 nitrogen and oxygen atoms in total. The minimum atomic E-state index is -0.976. The van der Waals surface area contributed by atoms with E-state index in [0.717, 1.165) is 59.5 Å². The van der Waals surface area contributed by atoms with E-state index in [4.69, 9.17) is 26.3 Å². The Morgan fingerprint density at radius 3 is 2.78 bits per heavy atom. The number of nitriles is 1. The molecule has 45 heavy (non-hydrogen) atoms. The highest BCUT2D eigenvalue weighted by atomic mass is 35.5. The second-order valence-electron chi connectivity index (χ2n) is 12.0. The first kappa shape index (κ1) is 31.3. The highest BCUT2D eigenvalue weighted by Crippen LogP contribution is 2.38. The molecule has 0 bridgehead atoms. The fraction of sp³-hybridized carbons (Fsp3) is 0.455. The first-order valence-corrected chi connectivity index (χ1v) is 16.2. The predicted octanol–water partition coefficient (Wildman–Crippen LogP) is 4.27. The van der Waals surface area contributed by atoms with Gasteiger partial charge in [0.05, 0.1) is 45.2 Å². The van der Waals surface area contributed by atoms with Gasteiger partial charge in [-0.05, 0) is 56.4 Å². The van der Waals surface area contributed by atoms with Gasteiger partial charge in [-0.15, -0.1) is 0 Å². The quantitative estimate of drug-likeness (QED) is 0.265. The highest BCUT2D eigenvalue weighted by Gasteiger charge is 2.41. The smallest absolute Gasteiger partial charge is 0.318 e. The van der Waals surface area contributed by atoms with Gasteiger partial charge in [-0.2, -0.15) is 15.2 Å². The Morgan fingerprint density at radius 2 is 2.02 bits per heavy atom. The lowest BCUT2D eigenvalue weighted by Gasteiger charge is -2.48. The van der Waals surface area contributed by atoms with Crippen LogP contribution in [0.1, 0.15) is 30.5 Å². The van der Waals surface area contributed by atoms with Crippen LogP contribution in [0.2, 0.25) is 5.02 Å². The van der Waals surface area contributed by atoms with E-state index in [1.54, 1.807) is 4.90 Å². The number of carbonyl (C=O) groups is 1. The summed E-state index contributed by atoms with van der Waals surface area (Å²) in [5.74, 6) is 0.425. The third kappa shape index (κ3) is 6.37. The lowest BCUT2D eigenvalue weighted by molar-refractivity contribution is -0.129. The summed E-state index contributed by atoms with van der Waals surface area (Å²) in [7, 11) is 5.91. The van der Waals surface area contributed by atoms with Gasteiger partial charge >= 0.3 is 6.01 Å². The van der Waals surface area contributed by atoms with Gasteiger partial charge in [0.25, 0.3) is 0 Å². The standard InChI is InChI=1S/C33H36ClFN7O2Si/c1-39-16-5-8-24(39)21-44-32-37-27-20-40(28-10-3-7-23-6-2-9-26(34)30(23)28)17-12-25(27)31(38-32)41-18-19-42(29(43)11-4-14-35)33(45,22-41)13-15-36/h2-4,6-7,9-11,24H,5,8,12-14,16-22H2,1H3/b11-4+/t24-,33-/m0/s1. The molecule has 0 N–H and O–H groups in total. The average Bonchev–Trinajstić information content (AvgIpc) is 3.46. The monoisotopic (exact) mass is 644 g/mol. The number of aromatic nitrogens is 2. The van der Waals surface area contributed by atoms with Gasteiger partial charge in [0.1, 0.15) is 19.1 Å². The summed E-state index contributed by atoms with van der Waals surface area (Å²) in [5.41, 5.74) is 2.97. The van der Waals surface area contributed by atoms with Gasteiger partial charge in [0.15, 0.2) is 0 Å². The summed E-state index contributed by atoms with van der Waals surface area (Å²) in [6.45, 7) is 3.26. The molecule has 12 heteroatoms. The fourth-order valence-electron chi connectivity index (χ4n) is 6.75. The molecule has 3 aliphatic heterocycles. The van der Waals surface area contributed by atoms with Gasteiger partial charge in [0, 0.05) is 54.9 Å². The number of likely N-dealkylation sites (N-methyl/N-ethyl adjacent to an activating group) is 1. The zero-order valence-corrected chi connectivity index (χ0v) is 27.1. The van der Waals surface area contributed by atoms with Crippen molar-refractivity contribution in [1.29, 1.82) is 5.26 Å². The number of hydrogen-bond acceptors (Lipinski definition) is 8. The number of allylic oxidation sites excluding steroid dienone is 1. The van der Waals surface area contributed by atoms with Crippen molar-refractivity contribution in [3.8, 4) is 12.1 Å². The van der Waals surface area contributed by atoms with Crippen LogP contribution in [0.15, 0.2) is 48.6 Å². The molecule has 0 saturated carbocycles. The maximum absolute atomic E-state index is 13.0. The number of nitrogens with zero attached hydrogens (tertiary/aromatic N) is 7. The molecule has 0 spiro atoms. The molecule has 3 radical (unpaired) electrons. The molecule has 3 aliphatic rings. The summed E-state index contributed by atoms with van der Waals surface area (Å²) in [6.07, 6.45) is 5.37. The van der Waals surface area contributed by atoms with Crippen LogP contribution < -0.4 is 14.5 Å². The summed E-state index contributed by atoms with van der Waals surface area (Å²) in [5, 5.41) is 11.5. The molecule has 2 atom stereocenters. The topological polar surface area (TPSA) is 88.8 Å². The molecule has 1 amide bonds. The number of hydrogen-bond donors (Lipinski definition) is 0. The van der Waals surface area contributed by atoms with Crippen molar-refractivity contribution < 1.29 is 13.9 Å². The number of amides is 1. The average molecular weight is 645 g/mol. The molecule has 4 heterocycles. The lowest BCUT2D eigenvalue weighted by Crippen LogP contribution is -2.64. The molecule has 2 saturated heterocycles. The van der Waals surface area contributed by atoms with Crippen molar-refractivity contribution in [2.75, 3.05) is 62.9 Å². The van der Waals surface area contributed by atoms with E-state index in [2.05, 4.69) is 62.3 Å². The van der Waals surface area contributed by atoms with E-state index in [1.165, 1.54) is 12.2 Å². The Hall–Kier alpha value is -3.72. The Labute approximate surface area is 271 Å². The number of anilines is 2. The van der Waals surface area contributed by atoms with Crippen LogP contribution in [0.5, 0.6) is 6.01 Å². The minimum Gasteiger partial charge on any atom is -0.462 e. The number of carbonyl (C=O) groups excluding carboxylic acids is 1. The van der Waals surface area contributed by atoms with E-state index < -0.39 is 11.8 Å². The first-order valence-electron chi connectivity index (χ1n) is 15.4. The molecule has 6 rings (SSSR count). The second-order valence-corrected chi connectivity index (χ2v) is 13.3. The zero-order chi connectivity index (χ0) is 31.6. The number of benzene rings is 2. The maximum atomic E-state index is 13.0. The summed E-state index contributed by atoms with van der Waals surface area (Å²) in [6, 6.07) is 15.0. The van der Waals surface area contributed by atoms with E-state index >= 15 is 0 Å². The molecule has 3 aromatic rings. The molecule has 1 aromatic heterocycles.